The molecule has 0 unspecified atom stereocenters. The molecule has 2 rings (SSSR count). The maximum Gasteiger partial charge on any atom is 0.286 e. The second kappa shape index (κ2) is 5.85. The van der Waals surface area contributed by atoms with Gasteiger partial charge in [0.15, 0.2) is 0 Å². The van der Waals surface area contributed by atoms with E-state index in [0.717, 1.165) is 11.3 Å². The van der Waals surface area contributed by atoms with Crippen molar-refractivity contribution in [3.05, 3.63) is 47.3 Å². The van der Waals surface area contributed by atoms with Crippen LogP contribution < -0.4 is 9.57 Å². The van der Waals surface area contributed by atoms with Gasteiger partial charge in [-0.1, -0.05) is 18.2 Å². The molecule has 0 radical (unpaired) electrons. The van der Waals surface area contributed by atoms with E-state index in [0.29, 0.717) is 11.3 Å². The Morgan fingerprint density at radius 2 is 2.05 bits per heavy atom. The van der Waals surface area contributed by atoms with E-state index in [4.69, 9.17) is 4.74 Å². The Hall–Kier alpha value is -1.86. The smallest absolute Gasteiger partial charge is 0.286 e. The normalized spacial score (nSPS) is 11.6. The SMILES string of the molecule is COc1ccccc1/C=N/NS(=O)(=O)c1cccs1. The lowest BCUT2D eigenvalue weighted by molar-refractivity contribution is 0.414. The molecule has 1 heterocycles. The van der Waals surface area contributed by atoms with Crippen molar-refractivity contribution in [3.63, 3.8) is 0 Å². The Labute approximate surface area is 115 Å². The Morgan fingerprint density at radius 1 is 1.26 bits per heavy atom. The van der Waals surface area contributed by atoms with Crippen molar-refractivity contribution in [1.82, 2.24) is 4.83 Å². The number of methoxy groups -OCH3 is 1. The van der Waals surface area contributed by atoms with Crippen LogP contribution in [-0.2, 0) is 10.0 Å². The van der Waals surface area contributed by atoms with Gasteiger partial charge in [-0.15, -0.1) is 11.3 Å². The molecular weight excluding hydrogens is 284 g/mol. The van der Waals surface area contributed by atoms with Gasteiger partial charge in [-0.2, -0.15) is 18.4 Å². The highest BCUT2D eigenvalue weighted by Gasteiger charge is 2.13. The summed E-state index contributed by atoms with van der Waals surface area (Å²) in [5.41, 5.74) is 0.693. The second-order valence-corrected chi connectivity index (χ2v) is 6.36. The van der Waals surface area contributed by atoms with Gasteiger partial charge in [0.2, 0.25) is 0 Å². The summed E-state index contributed by atoms with van der Waals surface area (Å²) in [6, 6.07) is 10.4. The number of sulfonamides is 1. The summed E-state index contributed by atoms with van der Waals surface area (Å²) in [7, 11) is -2.03. The lowest BCUT2D eigenvalue weighted by Crippen LogP contribution is -2.17. The summed E-state index contributed by atoms with van der Waals surface area (Å²) in [5.74, 6) is 0.626. The number of rotatable bonds is 5. The largest absolute Gasteiger partial charge is 0.496 e. The zero-order valence-corrected chi connectivity index (χ0v) is 11.7. The van der Waals surface area contributed by atoms with Crippen molar-refractivity contribution < 1.29 is 13.2 Å². The van der Waals surface area contributed by atoms with Gasteiger partial charge >= 0.3 is 0 Å². The summed E-state index contributed by atoms with van der Waals surface area (Å²) < 4.78 is 28.9. The molecule has 0 amide bonds. The molecule has 0 saturated heterocycles. The molecule has 0 aliphatic rings. The van der Waals surface area contributed by atoms with Crippen LogP contribution in [0.2, 0.25) is 0 Å². The summed E-state index contributed by atoms with van der Waals surface area (Å²) in [5, 5.41) is 5.43. The van der Waals surface area contributed by atoms with Crippen molar-refractivity contribution in [1.29, 1.82) is 0 Å². The van der Waals surface area contributed by atoms with Crippen LogP contribution in [0.4, 0.5) is 0 Å². The molecule has 0 bridgehead atoms. The average molecular weight is 296 g/mol. The van der Waals surface area contributed by atoms with E-state index in [1.807, 2.05) is 12.1 Å². The van der Waals surface area contributed by atoms with E-state index in [2.05, 4.69) is 9.93 Å². The van der Waals surface area contributed by atoms with Crippen molar-refractivity contribution in [2.24, 2.45) is 5.10 Å². The molecular formula is C12H12N2O3S2. The minimum Gasteiger partial charge on any atom is -0.496 e. The number of para-hydroxylation sites is 1. The zero-order valence-electron chi connectivity index (χ0n) is 10.1. The van der Waals surface area contributed by atoms with Crippen molar-refractivity contribution >= 4 is 27.6 Å². The maximum absolute atomic E-state index is 11.8. The second-order valence-electron chi connectivity index (χ2n) is 3.53. The molecule has 0 saturated carbocycles. The first-order valence-electron chi connectivity index (χ1n) is 5.35. The number of benzene rings is 1. The van der Waals surface area contributed by atoms with Gasteiger partial charge in [-0.25, -0.2) is 0 Å². The fourth-order valence-electron chi connectivity index (χ4n) is 1.40. The van der Waals surface area contributed by atoms with E-state index in [1.54, 1.807) is 30.7 Å². The first kappa shape index (κ1) is 13.6. The van der Waals surface area contributed by atoms with Crippen molar-refractivity contribution in [3.8, 4) is 5.75 Å². The van der Waals surface area contributed by atoms with E-state index in [9.17, 15) is 8.42 Å². The lowest BCUT2D eigenvalue weighted by atomic mass is 10.2. The molecule has 0 fully saturated rings. The van der Waals surface area contributed by atoms with E-state index in [-0.39, 0.29) is 4.21 Å². The number of hydrazone groups is 1. The Kier molecular flexibility index (Phi) is 4.18. The molecule has 1 N–H and O–H groups in total. The van der Waals surface area contributed by atoms with Crippen LogP contribution in [-0.4, -0.2) is 21.7 Å². The fourth-order valence-corrected chi connectivity index (χ4v) is 3.17. The van der Waals surface area contributed by atoms with Crippen LogP contribution in [0, 0.1) is 0 Å². The number of hydrogen-bond acceptors (Lipinski definition) is 5. The summed E-state index contributed by atoms with van der Waals surface area (Å²) in [6.45, 7) is 0. The summed E-state index contributed by atoms with van der Waals surface area (Å²) in [4.78, 5) is 2.16. The molecule has 100 valence electrons. The Morgan fingerprint density at radius 3 is 2.74 bits per heavy atom. The third-order valence-electron chi connectivity index (χ3n) is 2.28. The predicted octanol–water partition coefficient (Wildman–Crippen LogP) is 2.07. The highest BCUT2D eigenvalue weighted by Crippen LogP contribution is 2.16. The van der Waals surface area contributed by atoms with E-state index in [1.165, 1.54) is 12.3 Å². The molecule has 2 aromatic rings. The minimum absolute atomic E-state index is 0.227. The van der Waals surface area contributed by atoms with Gasteiger partial charge < -0.3 is 4.74 Å². The quantitative estimate of drug-likeness (QED) is 0.678. The molecule has 1 aromatic heterocycles. The van der Waals surface area contributed by atoms with Crippen molar-refractivity contribution in [2.45, 2.75) is 4.21 Å². The van der Waals surface area contributed by atoms with Crippen LogP contribution in [0.1, 0.15) is 5.56 Å². The third-order valence-corrected chi connectivity index (χ3v) is 4.90. The average Bonchev–Trinajstić information content (AvgIpc) is 2.94. The third kappa shape index (κ3) is 3.33. The van der Waals surface area contributed by atoms with Crippen LogP contribution in [0.5, 0.6) is 5.75 Å². The van der Waals surface area contributed by atoms with Gasteiger partial charge in [-0.3, -0.25) is 0 Å². The molecule has 0 atom stereocenters. The fraction of sp³-hybridized carbons (Fsp3) is 0.0833. The van der Waals surface area contributed by atoms with E-state index >= 15 is 0 Å². The Bertz CT molecular complexity index is 664. The number of ether oxygens (including phenoxy) is 1. The van der Waals surface area contributed by atoms with Crippen LogP contribution in [0.15, 0.2) is 51.1 Å². The number of hydrogen-bond donors (Lipinski definition) is 1. The molecule has 0 aliphatic carbocycles. The van der Waals surface area contributed by atoms with Crippen LogP contribution in [0.3, 0.4) is 0 Å². The van der Waals surface area contributed by atoms with Gasteiger partial charge in [0, 0.05) is 5.56 Å². The lowest BCUT2D eigenvalue weighted by Gasteiger charge is -2.03. The zero-order chi connectivity index (χ0) is 13.7. The molecule has 0 spiro atoms. The molecule has 19 heavy (non-hydrogen) atoms. The van der Waals surface area contributed by atoms with Crippen LogP contribution in [0.25, 0.3) is 0 Å². The first-order chi connectivity index (χ1) is 9.13. The van der Waals surface area contributed by atoms with E-state index < -0.39 is 10.0 Å². The summed E-state index contributed by atoms with van der Waals surface area (Å²) >= 11 is 1.13. The van der Waals surface area contributed by atoms with Gasteiger partial charge in [-0.05, 0) is 23.6 Å². The predicted molar refractivity (Wildman–Crippen MR) is 75.2 cm³/mol. The monoisotopic (exact) mass is 296 g/mol. The summed E-state index contributed by atoms with van der Waals surface area (Å²) in [6.07, 6.45) is 1.41. The van der Waals surface area contributed by atoms with Gasteiger partial charge in [0.25, 0.3) is 10.0 Å². The number of nitrogens with one attached hydrogen (secondary N) is 1. The number of nitrogens with zero attached hydrogens (tertiary/aromatic N) is 1. The van der Waals surface area contributed by atoms with Crippen LogP contribution >= 0.6 is 11.3 Å². The molecule has 7 heteroatoms. The Balaban J connectivity index is 2.12. The number of thiophene rings is 1. The molecule has 1 aromatic carbocycles. The molecule has 5 nitrogen and oxygen atoms in total. The van der Waals surface area contributed by atoms with Gasteiger partial charge in [0.1, 0.15) is 9.96 Å². The standard InChI is InChI=1S/C12H12N2O3S2/c1-17-11-6-3-2-5-10(11)9-13-14-19(15,16)12-7-4-8-18-12/h2-9,14H,1H3/b13-9+. The molecule has 0 aliphatic heterocycles. The van der Waals surface area contributed by atoms with Gasteiger partial charge in [0.05, 0.1) is 13.3 Å². The topological polar surface area (TPSA) is 67.8 Å². The highest BCUT2D eigenvalue weighted by atomic mass is 32.2. The minimum atomic E-state index is -3.58. The first-order valence-corrected chi connectivity index (χ1v) is 7.71. The maximum atomic E-state index is 11.8. The highest BCUT2D eigenvalue weighted by molar-refractivity contribution is 7.91. The van der Waals surface area contributed by atoms with Crippen molar-refractivity contribution in [2.75, 3.05) is 7.11 Å².